The first-order chi connectivity index (χ1) is 17.4. The van der Waals surface area contributed by atoms with Gasteiger partial charge in [-0.15, -0.1) is 0 Å². The number of alkyl carbamates (subject to hydrolysis) is 1. The minimum Gasteiger partial charge on any atom is -0.508 e. The summed E-state index contributed by atoms with van der Waals surface area (Å²) >= 11 is 0. The molecule has 0 aromatic heterocycles. The number of hydrogen-bond donors (Lipinski definition) is 4. The molecule has 0 heterocycles. The van der Waals surface area contributed by atoms with Crippen LogP contribution in [0.2, 0.25) is 0 Å². The van der Waals surface area contributed by atoms with Crippen molar-refractivity contribution in [3.8, 4) is 5.75 Å². The van der Waals surface area contributed by atoms with Gasteiger partial charge in [-0.1, -0.05) is 32.1 Å². The first-order valence-electron chi connectivity index (χ1n) is 11.6. The van der Waals surface area contributed by atoms with E-state index in [1.165, 1.54) is 18.2 Å². The number of sulfonamides is 2. The Hall–Kier alpha value is -2.94. The van der Waals surface area contributed by atoms with Crippen molar-refractivity contribution in [2.24, 2.45) is 5.92 Å². The molecule has 0 aliphatic heterocycles. The summed E-state index contributed by atoms with van der Waals surface area (Å²) in [6.07, 6.45) is 1.76. The number of benzene rings is 1. The Morgan fingerprint density at radius 2 is 1.58 bits per heavy atom. The van der Waals surface area contributed by atoms with Gasteiger partial charge in [-0.3, -0.25) is 4.79 Å². The molecule has 0 bridgehead atoms. The van der Waals surface area contributed by atoms with E-state index < -0.39 is 56.3 Å². The van der Waals surface area contributed by atoms with E-state index in [4.69, 9.17) is 4.74 Å². The highest BCUT2D eigenvalue weighted by Crippen LogP contribution is 2.14. The molecule has 4 N–H and O–H groups in total. The SMILES string of the molecule is COC(=O)CNS(=O)(=O)/C=C/[C@H](Cc1ccc(O)cc1)NS(=O)(=O)/C=C/[C@@H](NC(=O)OC(C)(C)C)C(C)C. The molecule has 1 amide bonds. The third kappa shape index (κ3) is 14.1. The van der Waals surface area contributed by atoms with Gasteiger partial charge < -0.3 is 19.9 Å². The first kappa shape index (κ1) is 33.1. The quantitative estimate of drug-likeness (QED) is 0.256. The minimum absolute atomic E-state index is 0.0103. The van der Waals surface area contributed by atoms with Gasteiger partial charge in [0.25, 0.3) is 0 Å². The lowest BCUT2D eigenvalue weighted by Crippen LogP contribution is -2.41. The first-order valence-corrected chi connectivity index (χ1v) is 14.7. The number of carbonyl (C=O) groups excluding carboxylic acids is 2. The van der Waals surface area contributed by atoms with Crippen LogP contribution in [-0.4, -0.2) is 65.3 Å². The maximum absolute atomic E-state index is 12.9. The maximum atomic E-state index is 12.9. The molecule has 1 aromatic carbocycles. The van der Waals surface area contributed by atoms with Gasteiger partial charge >= 0.3 is 12.1 Å². The molecule has 38 heavy (non-hydrogen) atoms. The number of amides is 1. The normalized spacial score (nSPS) is 14.5. The van der Waals surface area contributed by atoms with Crippen molar-refractivity contribution < 1.29 is 41.0 Å². The molecule has 2 atom stereocenters. The fourth-order valence-electron chi connectivity index (χ4n) is 2.83. The average Bonchev–Trinajstić information content (AvgIpc) is 2.78. The molecule has 0 fully saturated rings. The Balaban J connectivity index is 3.12. The van der Waals surface area contributed by atoms with Crippen molar-refractivity contribution in [3.05, 3.63) is 52.8 Å². The molecule has 1 rings (SSSR count). The average molecular weight is 576 g/mol. The van der Waals surface area contributed by atoms with Crippen LogP contribution in [0.5, 0.6) is 5.75 Å². The van der Waals surface area contributed by atoms with E-state index in [0.717, 1.165) is 24.0 Å². The predicted octanol–water partition coefficient (Wildman–Crippen LogP) is 1.89. The Bertz CT molecular complexity index is 1200. The van der Waals surface area contributed by atoms with Crippen LogP contribution < -0.4 is 14.8 Å². The second-order valence-electron chi connectivity index (χ2n) is 9.66. The molecule has 0 spiro atoms. The number of nitrogens with one attached hydrogen (secondary N) is 3. The summed E-state index contributed by atoms with van der Waals surface area (Å²) in [4.78, 5) is 23.4. The molecule has 0 radical (unpaired) electrons. The van der Waals surface area contributed by atoms with E-state index in [-0.39, 0.29) is 18.1 Å². The molecule has 214 valence electrons. The molecule has 0 saturated carbocycles. The molecule has 0 saturated heterocycles. The van der Waals surface area contributed by atoms with E-state index in [9.17, 15) is 31.5 Å². The van der Waals surface area contributed by atoms with Crippen LogP contribution >= 0.6 is 0 Å². The second kappa shape index (κ2) is 14.3. The summed E-state index contributed by atoms with van der Waals surface area (Å²) < 4.78 is 64.2. The van der Waals surface area contributed by atoms with Crippen LogP contribution in [0.1, 0.15) is 40.2 Å². The Morgan fingerprint density at radius 3 is 2.11 bits per heavy atom. The van der Waals surface area contributed by atoms with Crippen LogP contribution in [0, 0.1) is 5.92 Å². The molecular formula is C24H37N3O9S2. The summed E-state index contributed by atoms with van der Waals surface area (Å²) in [5, 5.41) is 13.7. The van der Waals surface area contributed by atoms with Gasteiger partial charge in [0.1, 0.15) is 17.9 Å². The Kier molecular flexibility index (Phi) is 12.4. The highest BCUT2D eigenvalue weighted by atomic mass is 32.2. The van der Waals surface area contributed by atoms with Crippen LogP contribution in [0.15, 0.2) is 47.2 Å². The van der Waals surface area contributed by atoms with Crippen molar-refractivity contribution in [2.45, 2.75) is 58.7 Å². The monoisotopic (exact) mass is 575 g/mol. The second-order valence-corrected chi connectivity index (χ2v) is 12.9. The van der Waals surface area contributed by atoms with Gasteiger partial charge in [0.05, 0.1) is 13.2 Å². The van der Waals surface area contributed by atoms with Crippen LogP contribution in [-0.2, 0) is 40.7 Å². The number of phenolic OH excluding ortho intramolecular Hbond substituents is 1. The number of methoxy groups -OCH3 is 1. The summed E-state index contributed by atoms with van der Waals surface area (Å²) in [7, 11) is -7.10. The zero-order chi connectivity index (χ0) is 29.1. The van der Waals surface area contributed by atoms with Gasteiger partial charge in [0, 0.05) is 16.9 Å². The molecule has 0 unspecified atom stereocenters. The smallest absolute Gasteiger partial charge is 0.408 e. The fourth-order valence-corrected chi connectivity index (χ4v) is 4.68. The molecule has 1 aromatic rings. The van der Waals surface area contributed by atoms with E-state index in [1.807, 2.05) is 4.72 Å². The largest absolute Gasteiger partial charge is 0.508 e. The maximum Gasteiger partial charge on any atom is 0.408 e. The van der Waals surface area contributed by atoms with Gasteiger partial charge in [-0.2, -0.15) is 0 Å². The van der Waals surface area contributed by atoms with Crippen molar-refractivity contribution in [1.29, 1.82) is 0 Å². The number of phenols is 1. The minimum atomic E-state index is -4.12. The molecule has 0 aliphatic rings. The zero-order valence-corrected chi connectivity index (χ0v) is 23.9. The van der Waals surface area contributed by atoms with Crippen molar-refractivity contribution >= 4 is 32.1 Å². The number of aromatic hydroxyl groups is 1. The van der Waals surface area contributed by atoms with Crippen LogP contribution in [0.3, 0.4) is 0 Å². The van der Waals surface area contributed by atoms with E-state index >= 15 is 0 Å². The van der Waals surface area contributed by atoms with Gasteiger partial charge in [-0.25, -0.2) is 31.1 Å². The van der Waals surface area contributed by atoms with Gasteiger partial charge in [-0.05, 0) is 56.9 Å². The predicted molar refractivity (Wildman–Crippen MR) is 143 cm³/mol. The lowest BCUT2D eigenvalue weighted by molar-refractivity contribution is -0.139. The topological polar surface area (TPSA) is 177 Å². The van der Waals surface area contributed by atoms with E-state index in [1.54, 1.807) is 46.8 Å². The lowest BCUT2D eigenvalue weighted by Gasteiger charge is -2.24. The molecule has 12 nitrogen and oxygen atoms in total. The Labute approximate surface area is 224 Å². The molecule has 14 heteroatoms. The standard InChI is InChI=1S/C24H37N3O9S2/c1-17(2)21(26-23(30)36-24(3,4)5)12-14-38(33,34)27-19(15-18-7-9-20(28)10-8-18)11-13-37(31,32)25-16-22(29)35-6/h7-14,17,19,21,25,27-28H,15-16H2,1-6H3,(H,26,30)/b13-11+,14-12+/t19-,21-/m1/s1. The zero-order valence-electron chi connectivity index (χ0n) is 22.3. The third-order valence-corrected chi connectivity index (χ3v) is 6.92. The van der Waals surface area contributed by atoms with Gasteiger partial charge in [0.2, 0.25) is 20.0 Å². The van der Waals surface area contributed by atoms with Crippen LogP contribution in [0.25, 0.3) is 0 Å². The molecule has 0 aliphatic carbocycles. The van der Waals surface area contributed by atoms with Crippen molar-refractivity contribution in [1.82, 2.24) is 14.8 Å². The van der Waals surface area contributed by atoms with Crippen LogP contribution in [0.4, 0.5) is 4.79 Å². The summed E-state index contributed by atoms with van der Waals surface area (Å²) in [6.45, 7) is 8.09. The Morgan fingerprint density at radius 1 is 1.00 bits per heavy atom. The highest BCUT2D eigenvalue weighted by molar-refractivity contribution is 7.92. The summed E-state index contributed by atoms with van der Waals surface area (Å²) in [5.41, 5.74) is -0.126. The van der Waals surface area contributed by atoms with Gasteiger partial charge in [0.15, 0.2) is 0 Å². The lowest BCUT2D eigenvalue weighted by atomic mass is 10.1. The molecular weight excluding hydrogens is 538 g/mol. The van der Waals surface area contributed by atoms with E-state index in [2.05, 4.69) is 14.8 Å². The number of rotatable bonds is 13. The number of esters is 1. The van der Waals surface area contributed by atoms with Crippen molar-refractivity contribution in [3.63, 3.8) is 0 Å². The third-order valence-electron chi connectivity index (χ3n) is 4.71. The number of hydrogen-bond acceptors (Lipinski definition) is 9. The van der Waals surface area contributed by atoms with E-state index in [0.29, 0.717) is 5.56 Å². The van der Waals surface area contributed by atoms with Crippen molar-refractivity contribution in [2.75, 3.05) is 13.7 Å². The number of ether oxygens (including phenoxy) is 2. The summed E-state index contributed by atoms with van der Waals surface area (Å²) in [5.74, 6) is -0.961. The highest BCUT2D eigenvalue weighted by Gasteiger charge is 2.21. The summed E-state index contributed by atoms with van der Waals surface area (Å²) in [6, 6.07) is 4.24. The number of carbonyl (C=O) groups is 2. The fraction of sp³-hybridized carbons (Fsp3) is 0.500.